The van der Waals surface area contributed by atoms with Crippen LogP contribution in [0.5, 0.6) is 0 Å². The molecule has 0 bridgehead atoms. The van der Waals surface area contributed by atoms with Crippen molar-refractivity contribution < 1.29 is 0 Å². The van der Waals surface area contributed by atoms with Gasteiger partial charge in [-0.25, -0.2) is 4.98 Å². The van der Waals surface area contributed by atoms with Gasteiger partial charge < -0.3 is 4.57 Å². The van der Waals surface area contributed by atoms with Gasteiger partial charge in [-0.15, -0.1) is 5.10 Å². The van der Waals surface area contributed by atoms with E-state index in [9.17, 15) is 0 Å². The third-order valence-corrected chi connectivity index (χ3v) is 4.02. The highest BCUT2D eigenvalue weighted by molar-refractivity contribution is 5.15. The van der Waals surface area contributed by atoms with Gasteiger partial charge in [0.2, 0.25) is 0 Å². The lowest BCUT2D eigenvalue weighted by molar-refractivity contribution is 0.608. The van der Waals surface area contributed by atoms with Gasteiger partial charge in [0.15, 0.2) is 0 Å². The quantitative estimate of drug-likeness (QED) is 0.821. The second-order valence-corrected chi connectivity index (χ2v) is 5.69. The van der Waals surface area contributed by atoms with Crippen LogP contribution in [0.1, 0.15) is 42.5 Å². The molecule has 2 heterocycles. The first-order chi connectivity index (χ1) is 8.79. The van der Waals surface area contributed by atoms with Crippen LogP contribution in [-0.2, 0) is 13.6 Å². The number of hydrogen-bond acceptors (Lipinski definition) is 3. The third-order valence-electron chi connectivity index (χ3n) is 4.02. The van der Waals surface area contributed by atoms with Gasteiger partial charge in [0, 0.05) is 37.8 Å². The molecule has 4 rings (SSSR count). The summed E-state index contributed by atoms with van der Waals surface area (Å²) in [4.78, 5) is 4.49. The molecule has 0 amide bonds. The lowest BCUT2D eigenvalue weighted by Gasteiger charge is -1.99. The predicted molar refractivity (Wildman–Crippen MR) is 66.1 cm³/mol. The van der Waals surface area contributed by atoms with Crippen LogP contribution in [0, 0.1) is 5.92 Å². The molecule has 18 heavy (non-hydrogen) atoms. The fourth-order valence-corrected chi connectivity index (χ4v) is 2.68. The molecule has 0 aliphatic heterocycles. The number of nitrogens with zero attached hydrogens (tertiary/aromatic N) is 5. The summed E-state index contributed by atoms with van der Waals surface area (Å²) in [5, 5.41) is 8.20. The Bertz CT molecular complexity index is 565. The SMILES string of the molecule is Cn1cc(C2CC2Cn2cnc(C3CC3)c2)nn1. The Morgan fingerprint density at radius 1 is 1.28 bits per heavy atom. The molecule has 2 aromatic heterocycles. The molecule has 94 valence electrons. The minimum atomic E-state index is 0.602. The van der Waals surface area contributed by atoms with Crippen LogP contribution in [0.4, 0.5) is 0 Å². The summed E-state index contributed by atoms with van der Waals surface area (Å²) in [5.41, 5.74) is 2.43. The lowest BCUT2D eigenvalue weighted by Crippen LogP contribution is -1.98. The van der Waals surface area contributed by atoms with E-state index < -0.39 is 0 Å². The lowest BCUT2D eigenvalue weighted by atomic mass is 10.2. The first-order valence-corrected chi connectivity index (χ1v) is 6.67. The van der Waals surface area contributed by atoms with Gasteiger partial charge in [0.05, 0.1) is 17.7 Å². The van der Waals surface area contributed by atoms with Gasteiger partial charge in [-0.2, -0.15) is 0 Å². The summed E-state index contributed by atoms with van der Waals surface area (Å²) in [6.07, 6.45) is 10.1. The van der Waals surface area contributed by atoms with Gasteiger partial charge in [-0.3, -0.25) is 4.68 Å². The maximum atomic E-state index is 4.49. The fraction of sp³-hybridized carbons (Fsp3) is 0.615. The molecule has 2 fully saturated rings. The van der Waals surface area contributed by atoms with Crippen LogP contribution in [0.15, 0.2) is 18.7 Å². The van der Waals surface area contributed by atoms with Crippen molar-refractivity contribution in [2.24, 2.45) is 13.0 Å². The highest BCUT2D eigenvalue weighted by Crippen LogP contribution is 2.47. The molecule has 2 saturated carbocycles. The van der Waals surface area contributed by atoms with Crippen molar-refractivity contribution >= 4 is 0 Å². The molecule has 2 aliphatic rings. The van der Waals surface area contributed by atoms with Crippen LogP contribution in [0.25, 0.3) is 0 Å². The number of aromatic nitrogens is 5. The molecule has 0 aromatic carbocycles. The summed E-state index contributed by atoms with van der Waals surface area (Å²) >= 11 is 0. The predicted octanol–water partition coefficient (Wildman–Crippen LogP) is 1.69. The minimum Gasteiger partial charge on any atom is -0.337 e. The third kappa shape index (κ3) is 1.83. The Morgan fingerprint density at radius 3 is 2.89 bits per heavy atom. The average Bonchev–Trinajstić information content (AvgIpc) is 3.24. The summed E-state index contributed by atoms with van der Waals surface area (Å²) in [7, 11) is 1.92. The van der Waals surface area contributed by atoms with Crippen LogP contribution in [-0.4, -0.2) is 24.5 Å². The summed E-state index contributed by atoms with van der Waals surface area (Å²) < 4.78 is 4.03. The van der Waals surface area contributed by atoms with Crippen molar-refractivity contribution in [1.82, 2.24) is 24.5 Å². The molecule has 2 unspecified atom stereocenters. The second-order valence-electron chi connectivity index (χ2n) is 5.69. The summed E-state index contributed by atoms with van der Waals surface area (Å²) in [5.74, 6) is 2.06. The van der Waals surface area contributed by atoms with Crippen molar-refractivity contribution in [1.29, 1.82) is 0 Å². The normalized spacial score (nSPS) is 26.5. The average molecular weight is 243 g/mol. The maximum absolute atomic E-state index is 4.49. The topological polar surface area (TPSA) is 48.5 Å². The van der Waals surface area contributed by atoms with Crippen molar-refractivity contribution in [3.8, 4) is 0 Å². The van der Waals surface area contributed by atoms with E-state index in [0.29, 0.717) is 11.8 Å². The van der Waals surface area contributed by atoms with Crippen LogP contribution in [0.3, 0.4) is 0 Å². The van der Waals surface area contributed by atoms with Gasteiger partial charge >= 0.3 is 0 Å². The van der Waals surface area contributed by atoms with E-state index in [4.69, 9.17) is 0 Å². The number of rotatable bonds is 4. The molecular weight excluding hydrogens is 226 g/mol. The van der Waals surface area contributed by atoms with Gasteiger partial charge in [-0.1, -0.05) is 5.21 Å². The highest BCUT2D eigenvalue weighted by atomic mass is 15.4. The van der Waals surface area contributed by atoms with Crippen LogP contribution >= 0.6 is 0 Å². The van der Waals surface area contributed by atoms with Gasteiger partial charge in [0.25, 0.3) is 0 Å². The number of imidazole rings is 1. The van der Waals surface area contributed by atoms with Gasteiger partial charge in [0.1, 0.15) is 0 Å². The van der Waals surface area contributed by atoms with Crippen molar-refractivity contribution in [3.63, 3.8) is 0 Å². The molecule has 2 atom stereocenters. The van der Waals surface area contributed by atoms with E-state index in [0.717, 1.165) is 18.2 Å². The molecular formula is C13H17N5. The van der Waals surface area contributed by atoms with E-state index in [1.54, 1.807) is 4.68 Å². The Morgan fingerprint density at radius 2 is 2.17 bits per heavy atom. The van der Waals surface area contributed by atoms with Crippen molar-refractivity contribution in [2.45, 2.75) is 37.6 Å². The monoisotopic (exact) mass is 243 g/mol. The Hall–Kier alpha value is -1.65. The molecule has 0 saturated heterocycles. The zero-order valence-electron chi connectivity index (χ0n) is 10.5. The molecule has 0 spiro atoms. The van der Waals surface area contributed by atoms with E-state index in [1.165, 1.54) is 25.0 Å². The van der Waals surface area contributed by atoms with E-state index >= 15 is 0 Å². The molecule has 0 N–H and O–H groups in total. The second kappa shape index (κ2) is 3.67. The van der Waals surface area contributed by atoms with Crippen molar-refractivity contribution in [3.05, 3.63) is 30.1 Å². The number of aryl methyl sites for hydroxylation is 1. The van der Waals surface area contributed by atoms with Gasteiger partial charge in [-0.05, 0) is 25.2 Å². The Kier molecular flexibility index (Phi) is 2.10. The summed E-state index contributed by atoms with van der Waals surface area (Å²) in [6, 6.07) is 0. The van der Waals surface area contributed by atoms with E-state index in [1.807, 2.05) is 19.6 Å². The summed E-state index contributed by atoms with van der Waals surface area (Å²) in [6.45, 7) is 1.07. The maximum Gasteiger partial charge on any atom is 0.0949 e. The number of hydrogen-bond donors (Lipinski definition) is 0. The van der Waals surface area contributed by atoms with Crippen molar-refractivity contribution in [2.75, 3.05) is 0 Å². The smallest absolute Gasteiger partial charge is 0.0949 e. The molecule has 2 aliphatic carbocycles. The molecule has 2 aromatic rings. The zero-order chi connectivity index (χ0) is 12.1. The Labute approximate surface area is 106 Å². The molecule has 5 nitrogen and oxygen atoms in total. The van der Waals surface area contributed by atoms with E-state index in [2.05, 4.69) is 26.1 Å². The first-order valence-electron chi connectivity index (χ1n) is 6.67. The first kappa shape index (κ1) is 10.3. The Balaban J connectivity index is 1.41. The molecule has 5 heteroatoms. The van der Waals surface area contributed by atoms with E-state index in [-0.39, 0.29) is 0 Å². The largest absolute Gasteiger partial charge is 0.337 e. The van der Waals surface area contributed by atoms with Crippen LogP contribution < -0.4 is 0 Å². The zero-order valence-corrected chi connectivity index (χ0v) is 10.5. The van der Waals surface area contributed by atoms with Crippen LogP contribution in [0.2, 0.25) is 0 Å². The minimum absolute atomic E-state index is 0.602. The standard InChI is InChI=1S/C13H17N5/c1-17-6-13(15-16-17)11-4-10(11)5-18-7-12(14-8-18)9-2-3-9/h6-11H,2-5H2,1H3. The molecule has 0 radical (unpaired) electrons. The highest BCUT2D eigenvalue weighted by Gasteiger charge is 2.40. The fourth-order valence-electron chi connectivity index (χ4n) is 2.68.